The molecule has 0 aliphatic carbocycles. The minimum atomic E-state index is -4.23. The molecule has 5 heteroatoms. The maximum Gasteiger partial charge on any atom is 0.392 e. The van der Waals surface area contributed by atoms with Gasteiger partial charge in [-0.25, -0.2) is 4.39 Å². The lowest BCUT2D eigenvalue weighted by Gasteiger charge is -2.33. The molecule has 1 saturated heterocycles. The van der Waals surface area contributed by atoms with Crippen LogP contribution in [-0.4, -0.2) is 31.0 Å². The number of alkyl halides is 4. The van der Waals surface area contributed by atoms with E-state index in [4.69, 9.17) is 0 Å². The van der Waals surface area contributed by atoms with Crippen molar-refractivity contribution in [2.75, 3.05) is 13.6 Å². The molecule has 0 aromatic carbocycles. The first-order chi connectivity index (χ1) is 5.41. The summed E-state index contributed by atoms with van der Waals surface area (Å²) in [6.45, 7) is 0.186. The van der Waals surface area contributed by atoms with Crippen LogP contribution in [0.3, 0.4) is 0 Å². The summed E-state index contributed by atoms with van der Waals surface area (Å²) < 4.78 is 49.0. The van der Waals surface area contributed by atoms with Gasteiger partial charge >= 0.3 is 6.18 Å². The van der Waals surface area contributed by atoms with Crippen LogP contribution in [0.25, 0.3) is 0 Å². The molecule has 0 radical (unpaired) electrons. The highest BCUT2D eigenvalue weighted by atomic mass is 19.4. The van der Waals surface area contributed by atoms with Crippen LogP contribution in [-0.2, 0) is 0 Å². The minimum absolute atomic E-state index is 0.0143. The highest BCUT2D eigenvalue weighted by Gasteiger charge is 2.43. The first-order valence-electron chi connectivity index (χ1n) is 3.82. The molecule has 0 aromatic heterocycles. The van der Waals surface area contributed by atoms with Gasteiger partial charge in [0.1, 0.15) is 0 Å². The third kappa shape index (κ3) is 2.09. The summed E-state index contributed by atoms with van der Waals surface area (Å²) in [6, 6.07) is 0. The van der Waals surface area contributed by atoms with E-state index in [0.717, 1.165) is 0 Å². The second-order valence-corrected chi connectivity index (χ2v) is 3.18. The number of nitrogens with zero attached hydrogens (tertiary/aromatic N) is 1. The van der Waals surface area contributed by atoms with E-state index in [1.165, 1.54) is 11.9 Å². The molecule has 2 unspecified atom stereocenters. The third-order valence-electron chi connectivity index (χ3n) is 2.25. The molecule has 1 heterocycles. The molecule has 12 heavy (non-hydrogen) atoms. The van der Waals surface area contributed by atoms with Crippen LogP contribution in [0.5, 0.6) is 0 Å². The summed E-state index contributed by atoms with van der Waals surface area (Å²) in [5.41, 5.74) is 0. The van der Waals surface area contributed by atoms with Gasteiger partial charge in [-0.05, 0) is 13.5 Å². The Morgan fingerprint density at radius 2 is 1.92 bits per heavy atom. The van der Waals surface area contributed by atoms with Gasteiger partial charge in [-0.3, -0.25) is 4.90 Å². The van der Waals surface area contributed by atoms with Crippen molar-refractivity contribution in [2.24, 2.45) is 5.92 Å². The smallest absolute Gasteiger partial charge is 0.277 e. The number of halogens is 4. The average molecular weight is 185 g/mol. The van der Waals surface area contributed by atoms with Crippen molar-refractivity contribution < 1.29 is 17.6 Å². The molecule has 0 amide bonds. The first-order valence-corrected chi connectivity index (χ1v) is 3.82. The van der Waals surface area contributed by atoms with Crippen molar-refractivity contribution >= 4 is 0 Å². The summed E-state index contributed by atoms with van der Waals surface area (Å²) in [7, 11) is 1.50. The normalized spacial score (nSPS) is 33.8. The quantitative estimate of drug-likeness (QED) is 0.413. The van der Waals surface area contributed by atoms with Crippen LogP contribution >= 0.6 is 0 Å². The lowest BCUT2D eigenvalue weighted by Crippen LogP contribution is -2.41. The third-order valence-corrected chi connectivity index (χ3v) is 2.25. The Bertz CT molecular complexity index is 156. The standard InChI is InChI=1S/C7H11F4N/c1-12-3-2-5(4-6(12)8)7(9,10)11/h5-6H,2-4H2,1H3. The molecule has 0 spiro atoms. The van der Waals surface area contributed by atoms with Gasteiger partial charge in [-0.1, -0.05) is 0 Å². The first kappa shape index (κ1) is 9.77. The topological polar surface area (TPSA) is 3.24 Å². The minimum Gasteiger partial charge on any atom is -0.277 e. The van der Waals surface area contributed by atoms with Crippen LogP contribution < -0.4 is 0 Å². The lowest BCUT2D eigenvalue weighted by atomic mass is 9.96. The molecule has 1 fully saturated rings. The summed E-state index contributed by atoms with van der Waals surface area (Å²) in [5.74, 6) is -1.45. The van der Waals surface area contributed by atoms with Gasteiger partial charge in [0.15, 0.2) is 6.30 Å². The van der Waals surface area contributed by atoms with Crippen LogP contribution in [0.4, 0.5) is 17.6 Å². The van der Waals surface area contributed by atoms with Gasteiger partial charge < -0.3 is 0 Å². The fourth-order valence-electron chi connectivity index (χ4n) is 1.33. The molecule has 2 atom stereocenters. The summed E-state index contributed by atoms with van der Waals surface area (Å²) >= 11 is 0. The molecule has 0 aromatic rings. The monoisotopic (exact) mass is 185 g/mol. The Labute approximate surface area is 68.3 Å². The van der Waals surface area contributed by atoms with Gasteiger partial charge in [0.05, 0.1) is 5.92 Å². The molecule has 72 valence electrons. The largest absolute Gasteiger partial charge is 0.392 e. The maximum atomic E-state index is 12.8. The van der Waals surface area contributed by atoms with Crippen LogP contribution in [0.1, 0.15) is 12.8 Å². The molecule has 1 nitrogen and oxygen atoms in total. The molecule has 0 bridgehead atoms. The zero-order valence-electron chi connectivity index (χ0n) is 6.74. The summed E-state index contributed by atoms with van der Waals surface area (Å²) in [5, 5.41) is 0. The Kier molecular flexibility index (Phi) is 2.61. The van der Waals surface area contributed by atoms with E-state index in [-0.39, 0.29) is 13.0 Å². The maximum absolute atomic E-state index is 12.8. The molecule has 1 aliphatic heterocycles. The predicted octanol–water partition coefficient (Wildman–Crippen LogP) is 2.19. The number of rotatable bonds is 0. The van der Waals surface area contributed by atoms with Gasteiger partial charge in [0.25, 0.3) is 0 Å². The predicted molar refractivity (Wildman–Crippen MR) is 36.3 cm³/mol. The number of likely N-dealkylation sites (tertiary alicyclic amines) is 1. The highest BCUT2D eigenvalue weighted by molar-refractivity contribution is 4.78. The van der Waals surface area contributed by atoms with Crippen LogP contribution in [0.15, 0.2) is 0 Å². The van der Waals surface area contributed by atoms with E-state index in [0.29, 0.717) is 0 Å². The van der Waals surface area contributed by atoms with Gasteiger partial charge in [0, 0.05) is 13.0 Å². The zero-order chi connectivity index (χ0) is 9.35. The van der Waals surface area contributed by atoms with Crippen molar-refractivity contribution in [2.45, 2.75) is 25.3 Å². The Morgan fingerprint density at radius 3 is 2.33 bits per heavy atom. The molecule has 1 rings (SSSR count). The van der Waals surface area contributed by atoms with Gasteiger partial charge in [0.2, 0.25) is 0 Å². The molecule has 1 aliphatic rings. The fraction of sp³-hybridized carbons (Fsp3) is 1.00. The Morgan fingerprint density at radius 1 is 1.33 bits per heavy atom. The summed E-state index contributed by atoms with van der Waals surface area (Å²) in [6.07, 6.45) is -6.07. The second kappa shape index (κ2) is 3.20. The highest BCUT2D eigenvalue weighted by Crippen LogP contribution is 2.36. The van der Waals surface area contributed by atoms with Crippen molar-refractivity contribution in [3.05, 3.63) is 0 Å². The van der Waals surface area contributed by atoms with E-state index in [1.807, 2.05) is 0 Å². The number of hydrogen-bond donors (Lipinski definition) is 0. The van der Waals surface area contributed by atoms with E-state index in [1.54, 1.807) is 0 Å². The van der Waals surface area contributed by atoms with E-state index < -0.39 is 24.8 Å². The number of piperidine rings is 1. The second-order valence-electron chi connectivity index (χ2n) is 3.18. The van der Waals surface area contributed by atoms with Crippen molar-refractivity contribution in [3.8, 4) is 0 Å². The Balaban J connectivity index is 2.51. The van der Waals surface area contributed by atoms with Crippen molar-refractivity contribution in [3.63, 3.8) is 0 Å². The van der Waals surface area contributed by atoms with Crippen LogP contribution in [0, 0.1) is 5.92 Å². The zero-order valence-corrected chi connectivity index (χ0v) is 6.74. The van der Waals surface area contributed by atoms with Gasteiger partial charge in [-0.2, -0.15) is 13.2 Å². The van der Waals surface area contributed by atoms with E-state index in [2.05, 4.69) is 0 Å². The molecular weight excluding hydrogens is 174 g/mol. The van der Waals surface area contributed by atoms with E-state index in [9.17, 15) is 17.6 Å². The Hall–Kier alpha value is -0.320. The average Bonchev–Trinajstić information content (AvgIpc) is 1.92. The van der Waals surface area contributed by atoms with Crippen molar-refractivity contribution in [1.29, 1.82) is 0 Å². The molecule has 0 saturated carbocycles. The van der Waals surface area contributed by atoms with E-state index >= 15 is 0 Å². The van der Waals surface area contributed by atoms with Crippen LogP contribution in [0.2, 0.25) is 0 Å². The fourth-order valence-corrected chi connectivity index (χ4v) is 1.33. The summed E-state index contributed by atoms with van der Waals surface area (Å²) in [4.78, 5) is 1.31. The lowest BCUT2D eigenvalue weighted by molar-refractivity contribution is -0.195. The SMILES string of the molecule is CN1CCC(C(F)(F)F)CC1F. The van der Waals surface area contributed by atoms with Gasteiger partial charge in [-0.15, -0.1) is 0 Å². The van der Waals surface area contributed by atoms with Crippen molar-refractivity contribution in [1.82, 2.24) is 4.90 Å². The number of hydrogen-bond acceptors (Lipinski definition) is 1. The molecular formula is C7H11F4N. The molecule has 0 N–H and O–H groups in total.